The molecule has 1 aliphatic heterocycles. The predicted molar refractivity (Wildman–Crippen MR) is 82.3 cm³/mol. The largest absolute Gasteiger partial charge is 0.480 e. The van der Waals surface area contributed by atoms with Gasteiger partial charge in [-0.3, -0.25) is 9.89 Å². The Morgan fingerprint density at radius 3 is 2.64 bits per heavy atom. The van der Waals surface area contributed by atoms with E-state index in [1.807, 2.05) is 0 Å². The van der Waals surface area contributed by atoms with Crippen LogP contribution in [-0.2, 0) is 14.8 Å². The minimum atomic E-state index is -3.14. The second kappa shape index (κ2) is 6.97. The van der Waals surface area contributed by atoms with Crippen molar-refractivity contribution in [3.63, 3.8) is 0 Å². The van der Waals surface area contributed by atoms with Crippen LogP contribution in [0.5, 0.6) is 0 Å². The van der Waals surface area contributed by atoms with Crippen molar-refractivity contribution in [2.45, 2.75) is 42.5 Å². The number of aliphatic carboxylic acids is 1. The van der Waals surface area contributed by atoms with Gasteiger partial charge in [0.15, 0.2) is 0 Å². The third-order valence-corrected chi connectivity index (χ3v) is 6.20. The van der Waals surface area contributed by atoms with Crippen LogP contribution in [-0.4, -0.2) is 63.6 Å². The average molecular weight is 348 g/mol. The molecule has 22 heavy (non-hydrogen) atoms. The Hall–Kier alpha value is -1.13. The molecule has 0 amide bonds. The molecule has 0 bridgehead atoms. The Morgan fingerprint density at radius 2 is 2.14 bits per heavy atom. The lowest BCUT2D eigenvalue weighted by molar-refractivity contribution is -0.136. The normalized spacial score (nSPS) is 19.2. The number of hydrogen-bond donors (Lipinski definition) is 2. The first-order chi connectivity index (χ1) is 10.3. The van der Waals surface area contributed by atoms with Gasteiger partial charge in [-0.05, 0) is 19.3 Å². The molecule has 0 radical (unpaired) electrons. The summed E-state index contributed by atoms with van der Waals surface area (Å²) < 4.78 is 24.4. The number of carboxylic acid groups (broad SMARTS) is 1. The Bertz CT molecular complexity index is 623. The number of nitrogens with zero attached hydrogens (tertiary/aromatic N) is 3. The highest BCUT2D eigenvalue weighted by atomic mass is 32.2. The van der Waals surface area contributed by atoms with Crippen molar-refractivity contribution in [2.75, 3.05) is 19.3 Å². The topological polar surface area (TPSA) is 116 Å². The van der Waals surface area contributed by atoms with Gasteiger partial charge in [0.05, 0.1) is 6.26 Å². The molecule has 10 heteroatoms. The highest BCUT2D eigenvalue weighted by Gasteiger charge is 2.28. The van der Waals surface area contributed by atoms with Gasteiger partial charge in [0.1, 0.15) is 11.1 Å². The van der Waals surface area contributed by atoms with Crippen LogP contribution < -0.4 is 0 Å². The highest BCUT2D eigenvalue weighted by molar-refractivity contribution is 8.00. The summed E-state index contributed by atoms with van der Waals surface area (Å²) in [6, 6.07) is 0. The lowest BCUT2D eigenvalue weighted by atomic mass is 9.98. The maximum absolute atomic E-state index is 11.5. The van der Waals surface area contributed by atoms with Gasteiger partial charge in [-0.1, -0.05) is 18.7 Å². The van der Waals surface area contributed by atoms with Crippen molar-refractivity contribution in [1.29, 1.82) is 0 Å². The van der Waals surface area contributed by atoms with Gasteiger partial charge >= 0.3 is 5.97 Å². The van der Waals surface area contributed by atoms with Crippen LogP contribution in [0.15, 0.2) is 5.16 Å². The van der Waals surface area contributed by atoms with Gasteiger partial charge in [0, 0.05) is 19.0 Å². The van der Waals surface area contributed by atoms with Crippen molar-refractivity contribution in [2.24, 2.45) is 0 Å². The SMILES string of the molecule is CCC(Sc1n[nH]c(C2CCN(S(C)(=O)=O)CC2)n1)C(=O)O. The number of piperidine rings is 1. The molecule has 1 aromatic heterocycles. The van der Waals surface area contributed by atoms with Gasteiger partial charge in [0.2, 0.25) is 15.2 Å². The zero-order valence-electron chi connectivity index (χ0n) is 12.5. The van der Waals surface area contributed by atoms with Gasteiger partial charge < -0.3 is 5.11 Å². The standard InChI is InChI=1S/C12H20N4O4S2/c1-3-9(11(17)18)21-12-13-10(14-15-12)8-4-6-16(7-5-8)22(2,19)20/h8-9H,3-7H2,1-2H3,(H,17,18)(H,13,14,15). The second-order valence-corrected chi connectivity index (χ2v) is 8.44. The number of nitrogens with one attached hydrogen (secondary N) is 1. The van der Waals surface area contributed by atoms with E-state index in [0.717, 1.165) is 11.8 Å². The summed E-state index contributed by atoms with van der Waals surface area (Å²) in [5.74, 6) is -0.0408. The van der Waals surface area contributed by atoms with E-state index in [4.69, 9.17) is 5.11 Å². The Labute approximate surface area is 133 Å². The number of carboxylic acids is 1. The number of aromatic nitrogens is 3. The fourth-order valence-corrected chi connectivity index (χ4v) is 4.04. The number of H-pyrrole nitrogens is 1. The molecule has 0 saturated carbocycles. The zero-order chi connectivity index (χ0) is 16.3. The molecule has 1 saturated heterocycles. The molecule has 1 fully saturated rings. The van der Waals surface area contributed by atoms with Crippen molar-refractivity contribution in [3.05, 3.63) is 5.82 Å². The van der Waals surface area contributed by atoms with Crippen molar-refractivity contribution >= 4 is 27.8 Å². The number of aromatic amines is 1. The summed E-state index contributed by atoms with van der Waals surface area (Å²) >= 11 is 1.13. The number of rotatable bonds is 6. The molecule has 1 aromatic rings. The molecule has 2 N–H and O–H groups in total. The highest BCUT2D eigenvalue weighted by Crippen LogP contribution is 2.29. The zero-order valence-corrected chi connectivity index (χ0v) is 14.2. The fraction of sp³-hybridized carbons (Fsp3) is 0.750. The summed E-state index contributed by atoms with van der Waals surface area (Å²) in [5, 5.41) is 15.8. The summed E-state index contributed by atoms with van der Waals surface area (Å²) in [4.78, 5) is 15.4. The Morgan fingerprint density at radius 1 is 1.50 bits per heavy atom. The van der Waals surface area contributed by atoms with Gasteiger partial charge in [0.25, 0.3) is 0 Å². The molecule has 8 nitrogen and oxygen atoms in total. The van der Waals surface area contributed by atoms with E-state index in [-0.39, 0.29) is 5.92 Å². The summed E-state index contributed by atoms with van der Waals surface area (Å²) in [6.45, 7) is 2.75. The minimum absolute atomic E-state index is 0.129. The van der Waals surface area contributed by atoms with Crippen LogP contribution in [0.3, 0.4) is 0 Å². The molecule has 0 aromatic carbocycles. The smallest absolute Gasteiger partial charge is 0.317 e. The number of thioether (sulfide) groups is 1. The number of sulfonamides is 1. The quantitative estimate of drug-likeness (QED) is 0.734. The third kappa shape index (κ3) is 4.20. The lowest BCUT2D eigenvalue weighted by Gasteiger charge is -2.28. The van der Waals surface area contributed by atoms with E-state index >= 15 is 0 Å². The van der Waals surface area contributed by atoms with Crippen LogP contribution in [0.25, 0.3) is 0 Å². The molecule has 1 unspecified atom stereocenters. The van der Waals surface area contributed by atoms with Crippen LogP contribution in [0, 0.1) is 0 Å². The molecule has 124 valence electrons. The molecule has 2 heterocycles. The first-order valence-electron chi connectivity index (χ1n) is 7.08. The van der Waals surface area contributed by atoms with E-state index in [2.05, 4.69) is 15.2 Å². The van der Waals surface area contributed by atoms with Gasteiger partial charge in [-0.2, -0.15) is 0 Å². The Balaban J connectivity index is 1.97. The van der Waals surface area contributed by atoms with Crippen molar-refractivity contribution in [1.82, 2.24) is 19.5 Å². The van der Waals surface area contributed by atoms with E-state index < -0.39 is 21.2 Å². The van der Waals surface area contributed by atoms with Crippen LogP contribution in [0.2, 0.25) is 0 Å². The van der Waals surface area contributed by atoms with Crippen molar-refractivity contribution in [3.8, 4) is 0 Å². The molecule has 1 atom stereocenters. The number of hydrogen-bond acceptors (Lipinski definition) is 6. The van der Waals surface area contributed by atoms with Crippen LogP contribution in [0.4, 0.5) is 0 Å². The number of carbonyl (C=O) groups is 1. The molecular formula is C12H20N4O4S2. The third-order valence-electron chi connectivity index (χ3n) is 3.69. The molecular weight excluding hydrogens is 328 g/mol. The molecule has 0 aliphatic carbocycles. The second-order valence-electron chi connectivity index (χ2n) is 5.29. The van der Waals surface area contributed by atoms with Gasteiger partial charge in [-0.15, -0.1) is 5.10 Å². The monoisotopic (exact) mass is 348 g/mol. The lowest BCUT2D eigenvalue weighted by Crippen LogP contribution is -2.37. The predicted octanol–water partition coefficient (Wildman–Crippen LogP) is 0.899. The van der Waals surface area contributed by atoms with E-state index in [9.17, 15) is 13.2 Å². The summed E-state index contributed by atoms with van der Waals surface area (Å²) in [7, 11) is -3.14. The first-order valence-corrected chi connectivity index (χ1v) is 9.81. The van der Waals surface area contributed by atoms with Gasteiger partial charge in [-0.25, -0.2) is 17.7 Å². The molecule has 1 aliphatic rings. The van der Waals surface area contributed by atoms with Crippen LogP contribution in [0.1, 0.15) is 37.9 Å². The fourth-order valence-electron chi connectivity index (χ4n) is 2.39. The van der Waals surface area contributed by atoms with Crippen LogP contribution >= 0.6 is 11.8 Å². The van der Waals surface area contributed by atoms with E-state index in [1.165, 1.54) is 10.6 Å². The van der Waals surface area contributed by atoms with Crippen molar-refractivity contribution < 1.29 is 18.3 Å². The Kier molecular flexibility index (Phi) is 5.45. The average Bonchev–Trinajstić information content (AvgIpc) is 2.92. The molecule has 0 spiro atoms. The maximum atomic E-state index is 11.5. The maximum Gasteiger partial charge on any atom is 0.317 e. The van der Waals surface area contributed by atoms with E-state index in [0.29, 0.717) is 43.3 Å². The summed E-state index contributed by atoms with van der Waals surface area (Å²) in [5.41, 5.74) is 0. The summed E-state index contributed by atoms with van der Waals surface area (Å²) in [6.07, 6.45) is 3.08. The molecule has 2 rings (SSSR count). The van der Waals surface area contributed by atoms with E-state index in [1.54, 1.807) is 6.92 Å². The first kappa shape index (κ1) is 17.2. The minimum Gasteiger partial charge on any atom is -0.480 e.